The first kappa shape index (κ1) is 22.8. The molecule has 0 unspecified atom stereocenters. The molecule has 0 bridgehead atoms. The van der Waals surface area contributed by atoms with Crippen LogP contribution >= 0.6 is 0 Å². The van der Waals surface area contributed by atoms with Gasteiger partial charge < -0.3 is 34.7 Å². The average molecular weight is 402 g/mol. The molecule has 0 aliphatic heterocycles. The van der Waals surface area contributed by atoms with E-state index in [0.29, 0.717) is 6.61 Å². The van der Waals surface area contributed by atoms with Gasteiger partial charge in [0, 0.05) is 0 Å². The zero-order valence-corrected chi connectivity index (χ0v) is 15.4. The van der Waals surface area contributed by atoms with Crippen molar-refractivity contribution in [3.05, 3.63) is 66.5 Å². The third-order valence-electron chi connectivity index (χ3n) is 2.56. The van der Waals surface area contributed by atoms with Gasteiger partial charge in [-0.1, -0.05) is 11.8 Å². The van der Waals surface area contributed by atoms with Gasteiger partial charge in [-0.05, 0) is 0 Å². The fourth-order valence-corrected chi connectivity index (χ4v) is 1.71. The Labute approximate surface area is 157 Å². The molecule has 0 amide bonds. The number of hydrogen-bond donors (Lipinski definition) is 1. The molecule has 0 atom stereocenters. The van der Waals surface area contributed by atoms with Crippen LogP contribution in [0.15, 0.2) is 60.4 Å². The van der Waals surface area contributed by atoms with Gasteiger partial charge in [-0.3, -0.25) is 0 Å². The molecule has 0 radical (unpaired) electrons. The number of hydrogen-bond acceptors (Lipinski definition) is 2. The smallest absolute Gasteiger partial charge is 1.00 e. The van der Waals surface area contributed by atoms with Crippen LogP contribution in [0.2, 0.25) is 0 Å². The van der Waals surface area contributed by atoms with E-state index in [0.717, 1.165) is 12.2 Å². The van der Waals surface area contributed by atoms with E-state index in [4.69, 9.17) is 9.84 Å². The Bertz CT molecular complexity index is 520. The molecule has 2 aromatic rings. The molecule has 110 valence electrons. The van der Waals surface area contributed by atoms with Gasteiger partial charge >= 0.3 is 26.2 Å². The molecule has 21 heavy (non-hydrogen) atoms. The minimum Gasteiger partial charge on any atom is -1.00 e. The van der Waals surface area contributed by atoms with Crippen LogP contribution in [0.25, 0.3) is 10.8 Å². The summed E-state index contributed by atoms with van der Waals surface area (Å²) in [5.74, 6) is 0.754. The zero-order valence-electron chi connectivity index (χ0n) is 11.4. The van der Waals surface area contributed by atoms with Gasteiger partial charge in [0.05, 0.1) is 6.61 Å². The van der Waals surface area contributed by atoms with E-state index in [9.17, 15) is 0 Å². The number of benzene rings is 1. The minimum absolute atomic E-state index is 0. The van der Waals surface area contributed by atoms with Crippen molar-refractivity contribution in [2.45, 2.75) is 6.42 Å². The van der Waals surface area contributed by atoms with Gasteiger partial charge in [0.2, 0.25) is 0 Å². The monoisotopic (exact) mass is 400 g/mol. The van der Waals surface area contributed by atoms with Gasteiger partial charge in [0.1, 0.15) is 6.61 Å². The Morgan fingerprint density at radius 2 is 1.95 bits per heavy atom. The van der Waals surface area contributed by atoms with Gasteiger partial charge in [-0.15, -0.1) is 36.1 Å². The van der Waals surface area contributed by atoms with E-state index in [1.807, 2.05) is 12.2 Å². The molecule has 0 heterocycles. The summed E-state index contributed by atoms with van der Waals surface area (Å²) in [5.41, 5.74) is 0. The Hall–Kier alpha value is -0.467. The summed E-state index contributed by atoms with van der Waals surface area (Å²) in [6.45, 7) is 0.436. The quantitative estimate of drug-likeness (QED) is 0.563. The van der Waals surface area contributed by atoms with E-state index in [2.05, 4.69) is 48.5 Å². The molecule has 1 aliphatic rings. The molecule has 0 saturated heterocycles. The zero-order chi connectivity index (χ0) is 12.6. The second-order valence-corrected chi connectivity index (χ2v) is 3.87. The largest absolute Gasteiger partial charge is 4.00 e. The van der Waals surface area contributed by atoms with Gasteiger partial charge in [0.15, 0.2) is 0 Å². The Morgan fingerprint density at radius 1 is 1.19 bits per heavy atom. The van der Waals surface area contributed by atoms with E-state index in [1.54, 1.807) is 0 Å². The van der Waals surface area contributed by atoms with Crippen LogP contribution < -0.4 is 24.8 Å². The van der Waals surface area contributed by atoms with Crippen molar-refractivity contribution in [1.29, 1.82) is 0 Å². The topological polar surface area (TPSA) is 29.5 Å². The maximum Gasteiger partial charge on any atom is 4.00 e. The van der Waals surface area contributed by atoms with Crippen LogP contribution in [0.4, 0.5) is 0 Å². The Morgan fingerprint density at radius 3 is 2.57 bits per heavy atom. The summed E-state index contributed by atoms with van der Waals surface area (Å²) < 4.78 is 5.02. The summed E-state index contributed by atoms with van der Waals surface area (Å²) in [5, 5.41) is 11.0. The van der Waals surface area contributed by atoms with E-state index < -0.39 is 0 Å². The van der Waals surface area contributed by atoms with Crippen LogP contribution in [0.1, 0.15) is 6.42 Å². The fraction of sp³-hybridized carbons (Fsp3) is 0.188. The van der Waals surface area contributed by atoms with Crippen LogP contribution in [0, 0.1) is 6.08 Å². The maximum atomic E-state index is 8.34. The number of ether oxygens (including phenoxy) is 1. The summed E-state index contributed by atoms with van der Waals surface area (Å²) in [7, 11) is 0. The predicted molar refractivity (Wildman–Crippen MR) is 73.1 cm³/mol. The van der Waals surface area contributed by atoms with Gasteiger partial charge in [-0.2, -0.15) is 29.7 Å². The molecule has 0 aromatic heterocycles. The molecule has 1 aliphatic carbocycles. The third kappa shape index (κ3) is 7.92. The van der Waals surface area contributed by atoms with E-state index in [1.165, 1.54) is 10.8 Å². The van der Waals surface area contributed by atoms with Crippen LogP contribution in [-0.2, 0) is 30.9 Å². The normalized spacial score (nSPS) is 11.2. The predicted octanol–water partition coefficient (Wildman–Crippen LogP) is -2.79. The Kier molecular flexibility index (Phi) is 14.4. The van der Waals surface area contributed by atoms with Crippen molar-refractivity contribution in [2.75, 3.05) is 13.2 Å². The molecule has 2 aromatic carbocycles. The van der Waals surface area contributed by atoms with Crippen molar-refractivity contribution in [1.82, 2.24) is 0 Å². The van der Waals surface area contributed by atoms with E-state index >= 15 is 0 Å². The van der Waals surface area contributed by atoms with Crippen LogP contribution in [-0.4, -0.2) is 18.3 Å². The first-order valence-corrected chi connectivity index (χ1v) is 6.01. The molecule has 0 fully saturated rings. The fourth-order valence-electron chi connectivity index (χ4n) is 1.71. The second kappa shape index (κ2) is 13.2. The third-order valence-corrected chi connectivity index (χ3v) is 2.56. The molecule has 3 rings (SSSR count). The number of rotatable bonds is 3. The van der Waals surface area contributed by atoms with E-state index in [-0.39, 0.29) is 57.6 Å². The molecule has 0 saturated carbocycles. The summed E-state index contributed by atoms with van der Waals surface area (Å²) in [4.78, 5) is 0. The van der Waals surface area contributed by atoms with Crippen molar-refractivity contribution in [2.24, 2.45) is 0 Å². The molecular formula is C16H16Cl2O2Zr. The summed E-state index contributed by atoms with van der Waals surface area (Å²) in [6, 6.07) is 14.7. The number of halogens is 2. The molecular weight excluding hydrogens is 386 g/mol. The number of fused-ring (bicyclic) bond motifs is 1. The van der Waals surface area contributed by atoms with Gasteiger partial charge in [0.25, 0.3) is 0 Å². The molecule has 5 heteroatoms. The first-order chi connectivity index (χ1) is 8.90. The van der Waals surface area contributed by atoms with Crippen molar-refractivity contribution >= 4 is 10.8 Å². The second-order valence-electron chi connectivity index (χ2n) is 3.87. The molecule has 0 spiro atoms. The van der Waals surface area contributed by atoms with Crippen molar-refractivity contribution in [3.63, 3.8) is 0 Å². The van der Waals surface area contributed by atoms with Gasteiger partial charge in [-0.25, -0.2) is 6.08 Å². The SMILES string of the molecule is OCCOC1=[C-]CC=C1.[Cl-].[Cl-].[Zr+4].c1ccc2[cH-]ccc2c1. The summed E-state index contributed by atoms with van der Waals surface area (Å²) >= 11 is 0. The van der Waals surface area contributed by atoms with Crippen LogP contribution in [0.3, 0.4) is 0 Å². The number of allylic oxidation sites excluding steroid dienone is 3. The van der Waals surface area contributed by atoms with Crippen molar-refractivity contribution in [3.8, 4) is 0 Å². The minimum atomic E-state index is 0. The Balaban J connectivity index is 0. The molecule has 2 nitrogen and oxygen atoms in total. The average Bonchev–Trinajstić information content (AvgIpc) is 3.08. The first-order valence-electron chi connectivity index (χ1n) is 6.01. The number of aliphatic hydroxyl groups is 1. The standard InChI is InChI=1S/C9H7.C7H9O2.2ClH.Zr/c1-2-5-9-7-3-6-8(9)4-1;8-5-6-9-7-3-1-2-4-7;;;/h1-7H;1,3,8H,2,5-6H2;2*1H;/q2*-1;;;+4/p-2. The summed E-state index contributed by atoms with van der Waals surface area (Å²) in [6.07, 6.45) is 7.62. The maximum absolute atomic E-state index is 8.34. The molecule has 1 N–H and O–H groups in total. The van der Waals surface area contributed by atoms with Crippen molar-refractivity contribution < 1.29 is 60.9 Å². The van der Waals surface area contributed by atoms with Crippen LogP contribution in [0.5, 0.6) is 0 Å². The number of aliphatic hydroxyl groups excluding tert-OH is 1.